The van der Waals surface area contributed by atoms with Crippen molar-refractivity contribution in [3.63, 3.8) is 0 Å². The Morgan fingerprint density at radius 3 is 2.95 bits per heavy atom. The summed E-state index contributed by atoms with van der Waals surface area (Å²) in [7, 11) is 0. The first-order valence-electron chi connectivity index (χ1n) is 7.39. The molecular weight excluding hydrogens is 280 g/mol. The number of nitrogens with one attached hydrogen (secondary N) is 1. The summed E-state index contributed by atoms with van der Waals surface area (Å²) in [5.74, 6) is 0.781. The van der Waals surface area contributed by atoms with Gasteiger partial charge in [0.25, 0.3) is 5.91 Å². The number of hydrogen-bond acceptors (Lipinski definition) is 4. The average Bonchev–Trinajstić information content (AvgIpc) is 2.87. The van der Waals surface area contributed by atoms with Crippen molar-refractivity contribution in [1.82, 2.24) is 10.2 Å². The molecule has 2 heterocycles. The third-order valence-corrected chi connectivity index (χ3v) is 3.71. The van der Waals surface area contributed by atoms with Crippen molar-refractivity contribution in [2.24, 2.45) is 5.92 Å². The Morgan fingerprint density at radius 2 is 2.30 bits per heavy atom. The number of hydrogen-bond donors (Lipinski definition) is 1. The van der Waals surface area contributed by atoms with Gasteiger partial charge in [-0.1, -0.05) is 13.8 Å². The minimum atomic E-state index is -0.303. The van der Waals surface area contributed by atoms with Gasteiger partial charge >= 0.3 is 0 Å². The van der Waals surface area contributed by atoms with E-state index in [9.17, 15) is 4.79 Å². The molecule has 0 spiro atoms. The maximum Gasteiger partial charge on any atom is 0.253 e. The van der Waals surface area contributed by atoms with Gasteiger partial charge in [-0.3, -0.25) is 4.79 Å². The Hall–Kier alpha value is -0.360. The number of carbonyl (C=O) groups excluding carboxylic acids is 1. The number of amides is 1. The molecule has 20 heavy (non-hydrogen) atoms. The predicted molar refractivity (Wildman–Crippen MR) is 80.2 cm³/mol. The van der Waals surface area contributed by atoms with E-state index in [1.54, 1.807) is 0 Å². The molecule has 2 unspecified atom stereocenters. The third-order valence-electron chi connectivity index (χ3n) is 3.71. The van der Waals surface area contributed by atoms with Crippen molar-refractivity contribution in [2.75, 3.05) is 39.4 Å². The molecule has 2 aliphatic heterocycles. The van der Waals surface area contributed by atoms with Gasteiger partial charge in [-0.2, -0.15) is 0 Å². The lowest BCUT2D eigenvalue weighted by Crippen LogP contribution is -2.49. The van der Waals surface area contributed by atoms with E-state index in [4.69, 9.17) is 9.47 Å². The molecule has 0 aliphatic carbocycles. The van der Waals surface area contributed by atoms with Crippen LogP contribution >= 0.6 is 12.4 Å². The number of morpholine rings is 1. The molecular formula is C14H27ClN2O3. The Labute approximate surface area is 127 Å². The molecule has 2 fully saturated rings. The maximum absolute atomic E-state index is 12.2. The van der Waals surface area contributed by atoms with Crippen LogP contribution in [0, 0.1) is 5.92 Å². The summed E-state index contributed by atoms with van der Waals surface area (Å²) in [5, 5.41) is 3.19. The van der Waals surface area contributed by atoms with Crippen molar-refractivity contribution >= 4 is 18.3 Å². The predicted octanol–water partition coefficient (Wildman–Crippen LogP) is 1.06. The molecule has 0 aromatic carbocycles. The zero-order valence-corrected chi connectivity index (χ0v) is 13.3. The molecule has 2 aliphatic rings. The normalized spacial score (nSPS) is 26.6. The quantitative estimate of drug-likeness (QED) is 0.825. The number of likely N-dealkylation sites (tertiary alicyclic amines) is 1. The lowest BCUT2D eigenvalue weighted by Gasteiger charge is -2.27. The highest BCUT2D eigenvalue weighted by atomic mass is 35.5. The monoisotopic (exact) mass is 306 g/mol. The second-order valence-electron chi connectivity index (χ2n) is 5.81. The number of carbonyl (C=O) groups is 1. The Bertz CT molecular complexity index is 296. The Balaban J connectivity index is 0.00000200. The van der Waals surface area contributed by atoms with Gasteiger partial charge in [-0.05, 0) is 18.8 Å². The molecule has 2 saturated heterocycles. The Kier molecular flexibility index (Phi) is 7.80. The first-order valence-corrected chi connectivity index (χ1v) is 7.39. The standard InChI is InChI=1S/C14H26N2O3.ClH/c1-11(2)4-7-18-12-3-6-16(10-12)14(17)13-9-15-5-8-19-13;/h11-13,15H,3-10H2,1-2H3;1H. The van der Waals surface area contributed by atoms with Gasteiger partial charge in [0.2, 0.25) is 0 Å². The molecule has 1 N–H and O–H groups in total. The number of rotatable bonds is 5. The molecule has 6 heteroatoms. The van der Waals surface area contributed by atoms with E-state index in [1.165, 1.54) is 0 Å². The lowest BCUT2D eigenvalue weighted by molar-refractivity contribution is -0.144. The van der Waals surface area contributed by atoms with Crippen LogP contribution in [0.5, 0.6) is 0 Å². The highest BCUT2D eigenvalue weighted by molar-refractivity contribution is 5.85. The first-order chi connectivity index (χ1) is 9.16. The van der Waals surface area contributed by atoms with Crippen LogP contribution < -0.4 is 5.32 Å². The molecule has 0 bridgehead atoms. The van der Waals surface area contributed by atoms with E-state index in [-0.39, 0.29) is 30.5 Å². The fourth-order valence-electron chi connectivity index (χ4n) is 2.46. The molecule has 0 aromatic heterocycles. The lowest BCUT2D eigenvalue weighted by atomic mass is 10.1. The van der Waals surface area contributed by atoms with Gasteiger partial charge in [0.1, 0.15) is 6.10 Å². The van der Waals surface area contributed by atoms with Crippen LogP contribution in [0.3, 0.4) is 0 Å². The largest absolute Gasteiger partial charge is 0.376 e. The van der Waals surface area contributed by atoms with Gasteiger partial charge < -0.3 is 19.7 Å². The van der Waals surface area contributed by atoms with Gasteiger partial charge in [0.05, 0.1) is 12.7 Å². The van der Waals surface area contributed by atoms with E-state index in [0.717, 1.165) is 39.1 Å². The highest BCUT2D eigenvalue weighted by Gasteiger charge is 2.32. The van der Waals surface area contributed by atoms with Crippen LogP contribution in [0.4, 0.5) is 0 Å². The highest BCUT2D eigenvalue weighted by Crippen LogP contribution is 2.16. The SMILES string of the molecule is CC(C)CCOC1CCN(C(=O)C2CNCCO2)C1.Cl. The average molecular weight is 307 g/mol. The topological polar surface area (TPSA) is 50.8 Å². The smallest absolute Gasteiger partial charge is 0.253 e. The van der Waals surface area contributed by atoms with Crippen molar-refractivity contribution < 1.29 is 14.3 Å². The third kappa shape index (κ3) is 5.20. The molecule has 1 amide bonds. The summed E-state index contributed by atoms with van der Waals surface area (Å²) in [6.45, 7) is 8.80. The molecule has 2 atom stereocenters. The number of nitrogens with zero attached hydrogens (tertiary/aromatic N) is 1. The van der Waals surface area contributed by atoms with Gasteiger partial charge in [-0.15, -0.1) is 12.4 Å². The second-order valence-corrected chi connectivity index (χ2v) is 5.81. The van der Waals surface area contributed by atoms with Gasteiger partial charge in [-0.25, -0.2) is 0 Å². The maximum atomic E-state index is 12.2. The van der Waals surface area contributed by atoms with Crippen LogP contribution in [0.2, 0.25) is 0 Å². The van der Waals surface area contributed by atoms with E-state index in [2.05, 4.69) is 19.2 Å². The summed E-state index contributed by atoms with van der Waals surface area (Å²) in [6, 6.07) is 0. The molecule has 118 valence electrons. The summed E-state index contributed by atoms with van der Waals surface area (Å²) in [5.41, 5.74) is 0. The van der Waals surface area contributed by atoms with Crippen LogP contribution in [-0.2, 0) is 14.3 Å². The number of ether oxygens (including phenoxy) is 2. The van der Waals surface area contributed by atoms with Crippen molar-refractivity contribution in [3.8, 4) is 0 Å². The van der Waals surface area contributed by atoms with Crippen molar-refractivity contribution in [1.29, 1.82) is 0 Å². The van der Waals surface area contributed by atoms with Crippen LogP contribution in [0.25, 0.3) is 0 Å². The van der Waals surface area contributed by atoms with E-state index in [0.29, 0.717) is 19.1 Å². The molecule has 2 rings (SSSR count). The van der Waals surface area contributed by atoms with Gasteiger partial charge in [0.15, 0.2) is 0 Å². The zero-order valence-electron chi connectivity index (χ0n) is 12.5. The molecule has 0 aromatic rings. The summed E-state index contributed by atoms with van der Waals surface area (Å²) < 4.78 is 11.3. The molecule has 5 nitrogen and oxygen atoms in total. The van der Waals surface area contributed by atoms with Crippen LogP contribution in [-0.4, -0.2) is 62.4 Å². The van der Waals surface area contributed by atoms with Crippen molar-refractivity contribution in [3.05, 3.63) is 0 Å². The first kappa shape index (κ1) is 17.7. The van der Waals surface area contributed by atoms with E-state index in [1.807, 2.05) is 4.90 Å². The van der Waals surface area contributed by atoms with Gasteiger partial charge in [0, 0.05) is 32.8 Å². The van der Waals surface area contributed by atoms with E-state index >= 15 is 0 Å². The summed E-state index contributed by atoms with van der Waals surface area (Å²) >= 11 is 0. The van der Waals surface area contributed by atoms with Crippen LogP contribution in [0.15, 0.2) is 0 Å². The summed E-state index contributed by atoms with van der Waals surface area (Å²) in [4.78, 5) is 14.1. The van der Waals surface area contributed by atoms with Crippen LogP contribution in [0.1, 0.15) is 26.7 Å². The molecule has 0 radical (unpaired) electrons. The van der Waals surface area contributed by atoms with E-state index < -0.39 is 0 Å². The fourth-order valence-corrected chi connectivity index (χ4v) is 2.46. The summed E-state index contributed by atoms with van der Waals surface area (Å²) in [6.07, 6.45) is 1.94. The Morgan fingerprint density at radius 1 is 1.50 bits per heavy atom. The minimum absolute atomic E-state index is 0. The zero-order chi connectivity index (χ0) is 13.7. The number of halogens is 1. The molecule has 0 saturated carbocycles. The van der Waals surface area contributed by atoms with Crippen molar-refractivity contribution in [2.45, 2.75) is 38.9 Å². The second kappa shape index (κ2) is 8.82. The fraction of sp³-hybridized carbons (Fsp3) is 0.929. The minimum Gasteiger partial charge on any atom is -0.376 e.